The number of aromatic nitrogens is 1. The molecule has 0 radical (unpaired) electrons. The van der Waals surface area contributed by atoms with Crippen molar-refractivity contribution in [2.45, 2.75) is 0 Å². The first-order chi connectivity index (χ1) is 16.4. The summed E-state index contributed by atoms with van der Waals surface area (Å²) in [5.41, 5.74) is 8.73. The van der Waals surface area contributed by atoms with Crippen LogP contribution in [-0.4, -0.2) is 4.98 Å². The molecule has 0 amide bonds. The summed E-state index contributed by atoms with van der Waals surface area (Å²) in [6.07, 6.45) is 3.78. The van der Waals surface area contributed by atoms with E-state index in [-0.39, 0.29) is 0 Å². The fraction of sp³-hybridized carbons (Fsp3) is 0. The third kappa shape index (κ3) is 2.71. The SMILES string of the molecule is c1ccc(N(c2ccc3cnccc3c2)c2ccc3c4c(cccc24)-c2ccccc2-3)cc1. The van der Waals surface area contributed by atoms with Crippen molar-refractivity contribution in [2.24, 2.45) is 0 Å². The molecule has 1 aliphatic carbocycles. The summed E-state index contributed by atoms with van der Waals surface area (Å²) in [4.78, 5) is 6.64. The van der Waals surface area contributed by atoms with E-state index in [4.69, 9.17) is 0 Å². The molecule has 33 heavy (non-hydrogen) atoms. The summed E-state index contributed by atoms with van der Waals surface area (Å²) in [6, 6.07) is 39.3. The predicted octanol–water partition coefficient (Wildman–Crippen LogP) is 8.51. The van der Waals surface area contributed by atoms with Crippen molar-refractivity contribution in [2.75, 3.05) is 4.90 Å². The Labute approximate surface area is 192 Å². The topological polar surface area (TPSA) is 16.1 Å². The van der Waals surface area contributed by atoms with Gasteiger partial charge >= 0.3 is 0 Å². The Kier molecular flexibility index (Phi) is 3.88. The molecule has 0 saturated carbocycles. The maximum absolute atomic E-state index is 4.28. The molecule has 2 nitrogen and oxygen atoms in total. The van der Waals surface area contributed by atoms with Gasteiger partial charge in [-0.25, -0.2) is 0 Å². The molecule has 154 valence electrons. The van der Waals surface area contributed by atoms with Crippen LogP contribution in [0.5, 0.6) is 0 Å². The van der Waals surface area contributed by atoms with Crippen molar-refractivity contribution in [1.82, 2.24) is 4.98 Å². The summed E-state index contributed by atoms with van der Waals surface area (Å²) in [5, 5.41) is 4.92. The Bertz CT molecular complexity index is 1640. The van der Waals surface area contributed by atoms with Gasteiger partial charge in [0.05, 0.1) is 5.69 Å². The molecular formula is C31H20N2. The van der Waals surface area contributed by atoms with Crippen LogP contribution >= 0.6 is 0 Å². The van der Waals surface area contributed by atoms with E-state index in [0.29, 0.717) is 0 Å². The molecule has 0 saturated heterocycles. The molecule has 1 aromatic heterocycles. The maximum atomic E-state index is 4.28. The lowest BCUT2D eigenvalue weighted by atomic mass is 10.00. The third-order valence-corrected chi connectivity index (χ3v) is 6.66. The fourth-order valence-electron chi connectivity index (χ4n) is 5.20. The number of para-hydroxylation sites is 1. The second kappa shape index (κ2) is 7.04. The average molecular weight is 421 g/mol. The lowest BCUT2D eigenvalue weighted by Crippen LogP contribution is -2.10. The first-order valence-electron chi connectivity index (χ1n) is 11.2. The number of fused-ring (bicyclic) bond motifs is 4. The quantitative estimate of drug-likeness (QED) is 0.285. The predicted molar refractivity (Wildman–Crippen MR) is 138 cm³/mol. The highest BCUT2D eigenvalue weighted by Crippen LogP contribution is 2.50. The van der Waals surface area contributed by atoms with Gasteiger partial charge < -0.3 is 4.90 Å². The first-order valence-corrected chi connectivity index (χ1v) is 11.2. The highest BCUT2D eigenvalue weighted by molar-refractivity contribution is 6.19. The van der Waals surface area contributed by atoms with E-state index in [9.17, 15) is 0 Å². The van der Waals surface area contributed by atoms with Crippen molar-refractivity contribution in [3.8, 4) is 22.3 Å². The van der Waals surface area contributed by atoms with Crippen molar-refractivity contribution in [3.63, 3.8) is 0 Å². The Morgan fingerprint density at radius 3 is 2.12 bits per heavy atom. The summed E-state index contributed by atoms with van der Waals surface area (Å²) in [7, 11) is 0. The lowest BCUT2D eigenvalue weighted by Gasteiger charge is -2.27. The van der Waals surface area contributed by atoms with Crippen LogP contribution in [0.3, 0.4) is 0 Å². The van der Waals surface area contributed by atoms with E-state index in [1.807, 2.05) is 12.4 Å². The minimum atomic E-state index is 1.14. The van der Waals surface area contributed by atoms with Crippen LogP contribution in [0.1, 0.15) is 0 Å². The largest absolute Gasteiger partial charge is 0.310 e. The van der Waals surface area contributed by atoms with Gasteiger partial charge in [0.25, 0.3) is 0 Å². The van der Waals surface area contributed by atoms with Gasteiger partial charge in [-0.05, 0) is 69.4 Å². The number of hydrogen-bond acceptors (Lipinski definition) is 2. The minimum Gasteiger partial charge on any atom is -0.310 e. The third-order valence-electron chi connectivity index (χ3n) is 6.66. The maximum Gasteiger partial charge on any atom is 0.0540 e. The van der Waals surface area contributed by atoms with Gasteiger partial charge in [0.2, 0.25) is 0 Å². The molecule has 0 spiro atoms. The molecule has 0 aliphatic heterocycles. The van der Waals surface area contributed by atoms with Gasteiger partial charge in [0.1, 0.15) is 0 Å². The van der Waals surface area contributed by atoms with Gasteiger partial charge in [0, 0.05) is 34.5 Å². The number of benzene rings is 5. The van der Waals surface area contributed by atoms with Gasteiger partial charge in [0.15, 0.2) is 0 Å². The normalized spacial score (nSPS) is 11.6. The molecule has 0 N–H and O–H groups in total. The zero-order valence-electron chi connectivity index (χ0n) is 17.9. The molecule has 5 aromatic carbocycles. The summed E-state index contributed by atoms with van der Waals surface area (Å²) < 4.78 is 0. The number of hydrogen-bond donors (Lipinski definition) is 0. The first kappa shape index (κ1) is 18.2. The smallest absolute Gasteiger partial charge is 0.0540 e. The van der Waals surface area contributed by atoms with Crippen LogP contribution in [0.4, 0.5) is 17.1 Å². The van der Waals surface area contributed by atoms with Gasteiger partial charge in [-0.2, -0.15) is 0 Å². The highest BCUT2D eigenvalue weighted by atomic mass is 15.1. The summed E-state index contributed by atoms with van der Waals surface area (Å²) in [5.74, 6) is 0. The van der Waals surface area contributed by atoms with E-state index < -0.39 is 0 Å². The Morgan fingerprint density at radius 1 is 0.515 bits per heavy atom. The van der Waals surface area contributed by atoms with Crippen LogP contribution in [0.25, 0.3) is 43.8 Å². The second-order valence-electron chi connectivity index (χ2n) is 8.48. The molecule has 0 unspecified atom stereocenters. The van der Waals surface area contributed by atoms with Crippen molar-refractivity contribution < 1.29 is 0 Å². The minimum absolute atomic E-state index is 1.14. The van der Waals surface area contributed by atoms with Gasteiger partial charge in [-0.1, -0.05) is 72.8 Å². The van der Waals surface area contributed by atoms with Gasteiger partial charge in [-0.3, -0.25) is 4.98 Å². The molecule has 0 fully saturated rings. The van der Waals surface area contributed by atoms with Gasteiger partial charge in [-0.15, -0.1) is 0 Å². The van der Waals surface area contributed by atoms with E-state index in [2.05, 4.69) is 119 Å². The van der Waals surface area contributed by atoms with Crippen LogP contribution < -0.4 is 4.90 Å². The monoisotopic (exact) mass is 420 g/mol. The molecule has 1 heterocycles. The van der Waals surface area contributed by atoms with Crippen LogP contribution in [0, 0.1) is 0 Å². The van der Waals surface area contributed by atoms with E-state index in [1.54, 1.807) is 0 Å². The lowest BCUT2D eigenvalue weighted by molar-refractivity contribution is 1.30. The molecule has 0 bridgehead atoms. The Morgan fingerprint density at radius 2 is 1.27 bits per heavy atom. The average Bonchev–Trinajstić information content (AvgIpc) is 3.21. The van der Waals surface area contributed by atoms with E-state index in [1.165, 1.54) is 44.1 Å². The fourth-order valence-corrected chi connectivity index (χ4v) is 5.20. The molecule has 6 aromatic rings. The molecule has 7 rings (SSSR count). The van der Waals surface area contributed by atoms with E-state index in [0.717, 1.165) is 16.8 Å². The second-order valence-corrected chi connectivity index (χ2v) is 8.48. The van der Waals surface area contributed by atoms with Crippen molar-refractivity contribution in [3.05, 3.63) is 122 Å². The molecule has 0 atom stereocenters. The van der Waals surface area contributed by atoms with Crippen LogP contribution in [0.15, 0.2) is 122 Å². The van der Waals surface area contributed by atoms with Crippen LogP contribution in [-0.2, 0) is 0 Å². The number of nitrogens with zero attached hydrogens (tertiary/aromatic N) is 2. The van der Waals surface area contributed by atoms with Crippen LogP contribution in [0.2, 0.25) is 0 Å². The summed E-state index contributed by atoms with van der Waals surface area (Å²) >= 11 is 0. The Balaban J connectivity index is 1.52. The zero-order chi connectivity index (χ0) is 21.8. The number of anilines is 3. The van der Waals surface area contributed by atoms with Crippen molar-refractivity contribution in [1.29, 1.82) is 0 Å². The summed E-state index contributed by atoms with van der Waals surface area (Å²) in [6.45, 7) is 0. The molecular weight excluding hydrogens is 400 g/mol. The standard InChI is InChI=1S/C31H20N2/c1-2-7-23(8-3-1)33(24-14-13-22-20-32-18-17-21(22)19-24)30-16-15-28-26-10-5-4-9-25(26)27-11-6-12-29(30)31(27)28/h1-20H. The zero-order valence-corrected chi connectivity index (χ0v) is 17.9. The Hall–Kier alpha value is -4.43. The van der Waals surface area contributed by atoms with E-state index >= 15 is 0 Å². The number of pyridine rings is 1. The number of rotatable bonds is 3. The molecule has 1 aliphatic rings. The highest BCUT2D eigenvalue weighted by Gasteiger charge is 2.24. The molecule has 2 heteroatoms. The van der Waals surface area contributed by atoms with Crippen molar-refractivity contribution >= 4 is 38.6 Å².